The van der Waals surface area contributed by atoms with E-state index in [1.54, 1.807) is 6.07 Å². The monoisotopic (exact) mass is 423 g/mol. The highest BCUT2D eigenvalue weighted by molar-refractivity contribution is 7.98. The number of rotatable bonds is 5. The summed E-state index contributed by atoms with van der Waals surface area (Å²) >= 11 is 13.6. The summed E-state index contributed by atoms with van der Waals surface area (Å²) in [5, 5.41) is 10.5. The Kier molecular flexibility index (Phi) is 5.91. The van der Waals surface area contributed by atoms with Gasteiger partial charge in [0.25, 0.3) is 0 Å². The molecule has 0 bridgehead atoms. The molecule has 0 saturated carbocycles. The van der Waals surface area contributed by atoms with Gasteiger partial charge in [0.05, 0.1) is 10.0 Å². The van der Waals surface area contributed by atoms with E-state index in [4.69, 9.17) is 28.2 Å². The van der Waals surface area contributed by atoms with Crippen LogP contribution in [0, 0.1) is 0 Å². The minimum atomic E-state index is 0.545. The molecule has 0 atom stereocenters. The van der Waals surface area contributed by atoms with E-state index in [0.29, 0.717) is 21.0 Å². The molecule has 28 heavy (non-hydrogen) atoms. The van der Waals surface area contributed by atoms with Crippen LogP contribution < -0.4 is 0 Å². The average Bonchev–Trinajstić information content (AvgIpc) is 2.76. The number of hydrogen-bond donors (Lipinski definition) is 0. The Labute approximate surface area is 177 Å². The summed E-state index contributed by atoms with van der Waals surface area (Å²) in [6.45, 7) is 0. The van der Waals surface area contributed by atoms with Gasteiger partial charge in [-0.15, -0.1) is 10.2 Å². The predicted molar refractivity (Wildman–Crippen MR) is 117 cm³/mol. The maximum Gasteiger partial charge on any atom is 0.210 e. The number of hydrogen-bond acceptors (Lipinski definition) is 4. The molecule has 0 amide bonds. The highest BCUT2D eigenvalue weighted by Crippen LogP contribution is 2.31. The van der Waals surface area contributed by atoms with Crippen molar-refractivity contribution in [1.29, 1.82) is 0 Å². The smallest absolute Gasteiger partial charge is 0.210 e. The van der Waals surface area contributed by atoms with Crippen LogP contribution in [0.5, 0.6) is 0 Å². The molecule has 6 heteroatoms. The lowest BCUT2D eigenvalue weighted by molar-refractivity contribution is 0.850. The molecule has 0 saturated heterocycles. The van der Waals surface area contributed by atoms with Gasteiger partial charge in [-0.25, -0.2) is 4.98 Å². The molecule has 0 fully saturated rings. The fourth-order valence-corrected chi connectivity index (χ4v) is 3.79. The van der Waals surface area contributed by atoms with Crippen molar-refractivity contribution in [3.05, 3.63) is 94.5 Å². The van der Waals surface area contributed by atoms with Crippen LogP contribution in [0.25, 0.3) is 22.5 Å². The SMILES string of the molecule is Clc1ccc(CSc2nnc(-c3ccccc3)c(-c3ccccc3)n2)cc1Cl. The summed E-state index contributed by atoms with van der Waals surface area (Å²) < 4.78 is 0. The largest absolute Gasteiger partial charge is 0.219 e. The maximum atomic E-state index is 6.10. The summed E-state index contributed by atoms with van der Waals surface area (Å²) in [7, 11) is 0. The molecule has 4 rings (SSSR count). The summed E-state index contributed by atoms with van der Waals surface area (Å²) in [6, 6.07) is 25.6. The minimum Gasteiger partial charge on any atom is -0.219 e. The second kappa shape index (κ2) is 8.74. The molecule has 0 aliphatic rings. The molecule has 1 aromatic heterocycles. The maximum absolute atomic E-state index is 6.10. The van der Waals surface area contributed by atoms with E-state index in [9.17, 15) is 0 Å². The quantitative estimate of drug-likeness (QED) is 0.330. The van der Waals surface area contributed by atoms with Gasteiger partial charge in [0.1, 0.15) is 11.4 Å². The molecule has 4 aromatic rings. The lowest BCUT2D eigenvalue weighted by Crippen LogP contribution is -1.99. The van der Waals surface area contributed by atoms with Crippen molar-refractivity contribution in [2.45, 2.75) is 10.9 Å². The minimum absolute atomic E-state index is 0.545. The first-order valence-electron chi connectivity index (χ1n) is 8.63. The van der Waals surface area contributed by atoms with Crippen LogP contribution in [-0.2, 0) is 5.75 Å². The number of halogens is 2. The number of thioether (sulfide) groups is 1. The van der Waals surface area contributed by atoms with Gasteiger partial charge in [0.2, 0.25) is 5.16 Å². The Bertz CT molecular complexity index is 1090. The number of aromatic nitrogens is 3. The fraction of sp³-hybridized carbons (Fsp3) is 0.0455. The molecule has 0 aliphatic heterocycles. The molecule has 138 valence electrons. The Morgan fingerprint density at radius 2 is 1.32 bits per heavy atom. The summed E-state index contributed by atoms with van der Waals surface area (Å²) in [6.07, 6.45) is 0. The standard InChI is InChI=1S/C22H15Cl2N3S/c23-18-12-11-15(13-19(18)24)14-28-22-25-20(16-7-3-1-4-8-16)21(26-27-22)17-9-5-2-6-10-17/h1-13H,14H2. The van der Waals surface area contributed by atoms with Crippen LogP contribution in [0.4, 0.5) is 0 Å². The summed E-state index contributed by atoms with van der Waals surface area (Å²) in [4.78, 5) is 4.80. The lowest BCUT2D eigenvalue weighted by Gasteiger charge is -2.09. The van der Waals surface area contributed by atoms with Crippen LogP contribution in [-0.4, -0.2) is 15.2 Å². The first-order chi connectivity index (χ1) is 13.7. The van der Waals surface area contributed by atoms with Crippen LogP contribution in [0.15, 0.2) is 84.0 Å². The first-order valence-corrected chi connectivity index (χ1v) is 10.4. The van der Waals surface area contributed by atoms with Crippen LogP contribution >= 0.6 is 35.0 Å². The Morgan fingerprint density at radius 3 is 1.96 bits per heavy atom. The van der Waals surface area contributed by atoms with E-state index in [-0.39, 0.29) is 0 Å². The zero-order chi connectivity index (χ0) is 19.3. The Hall–Kier alpha value is -2.40. The highest BCUT2D eigenvalue weighted by atomic mass is 35.5. The zero-order valence-corrected chi connectivity index (χ0v) is 17.0. The molecular weight excluding hydrogens is 409 g/mol. The van der Waals surface area contributed by atoms with Crippen molar-refractivity contribution < 1.29 is 0 Å². The van der Waals surface area contributed by atoms with E-state index in [1.165, 1.54) is 11.8 Å². The molecule has 0 spiro atoms. The third-order valence-corrected chi connectivity index (χ3v) is 5.76. The van der Waals surface area contributed by atoms with Gasteiger partial charge in [0.15, 0.2) is 0 Å². The van der Waals surface area contributed by atoms with Gasteiger partial charge in [0, 0.05) is 16.9 Å². The number of nitrogens with zero attached hydrogens (tertiary/aromatic N) is 3. The second-order valence-electron chi connectivity index (χ2n) is 6.06. The molecule has 0 aliphatic carbocycles. The van der Waals surface area contributed by atoms with Gasteiger partial charge in [-0.2, -0.15) is 0 Å². The molecule has 0 N–H and O–H groups in total. The molecule has 3 nitrogen and oxygen atoms in total. The van der Waals surface area contributed by atoms with Crippen molar-refractivity contribution in [2.75, 3.05) is 0 Å². The van der Waals surface area contributed by atoms with E-state index < -0.39 is 0 Å². The van der Waals surface area contributed by atoms with E-state index in [2.05, 4.69) is 10.2 Å². The van der Waals surface area contributed by atoms with Crippen molar-refractivity contribution in [3.63, 3.8) is 0 Å². The molecule has 0 unspecified atom stereocenters. The van der Waals surface area contributed by atoms with Gasteiger partial charge >= 0.3 is 0 Å². The summed E-state index contributed by atoms with van der Waals surface area (Å²) in [5.74, 6) is 0.678. The number of benzene rings is 3. The third-order valence-electron chi connectivity index (χ3n) is 4.11. The fourth-order valence-electron chi connectivity index (χ4n) is 2.74. The van der Waals surface area contributed by atoms with Crippen LogP contribution in [0.2, 0.25) is 10.0 Å². The molecule has 3 aromatic carbocycles. The molecule has 1 heterocycles. The molecule has 0 radical (unpaired) electrons. The van der Waals surface area contributed by atoms with Crippen molar-refractivity contribution in [1.82, 2.24) is 15.2 Å². The summed E-state index contributed by atoms with van der Waals surface area (Å²) in [5.41, 5.74) is 4.63. The topological polar surface area (TPSA) is 38.7 Å². The van der Waals surface area contributed by atoms with Gasteiger partial charge < -0.3 is 0 Å². The normalized spacial score (nSPS) is 10.8. The predicted octanol–water partition coefficient (Wildman–Crippen LogP) is 6.80. The van der Waals surface area contributed by atoms with Gasteiger partial charge in [-0.05, 0) is 17.7 Å². The van der Waals surface area contributed by atoms with Crippen LogP contribution in [0.1, 0.15) is 5.56 Å². The van der Waals surface area contributed by atoms with Crippen molar-refractivity contribution in [3.8, 4) is 22.5 Å². The van der Waals surface area contributed by atoms with E-state index in [0.717, 1.165) is 28.1 Å². The van der Waals surface area contributed by atoms with Crippen molar-refractivity contribution in [2.24, 2.45) is 0 Å². The van der Waals surface area contributed by atoms with Gasteiger partial charge in [-0.1, -0.05) is 102 Å². The molecular formula is C22H15Cl2N3S. The van der Waals surface area contributed by atoms with E-state index in [1.807, 2.05) is 72.8 Å². The Balaban J connectivity index is 1.67. The highest BCUT2D eigenvalue weighted by Gasteiger charge is 2.14. The van der Waals surface area contributed by atoms with Crippen LogP contribution in [0.3, 0.4) is 0 Å². The second-order valence-corrected chi connectivity index (χ2v) is 7.82. The van der Waals surface area contributed by atoms with E-state index >= 15 is 0 Å². The van der Waals surface area contributed by atoms with Gasteiger partial charge in [-0.3, -0.25) is 0 Å². The van der Waals surface area contributed by atoms with Crippen molar-refractivity contribution >= 4 is 35.0 Å². The first kappa shape index (κ1) is 18.9. The zero-order valence-electron chi connectivity index (χ0n) is 14.7. The Morgan fingerprint density at radius 1 is 0.679 bits per heavy atom. The third kappa shape index (κ3) is 4.36. The average molecular weight is 424 g/mol. The lowest BCUT2D eigenvalue weighted by atomic mass is 10.0.